The Morgan fingerprint density at radius 1 is 1.35 bits per heavy atom. The van der Waals surface area contributed by atoms with E-state index in [0.29, 0.717) is 10.7 Å². The van der Waals surface area contributed by atoms with Crippen molar-refractivity contribution in [2.45, 2.75) is 29.7 Å². The zero-order chi connectivity index (χ0) is 18.1. The molecule has 1 saturated heterocycles. The lowest BCUT2D eigenvalue weighted by Crippen LogP contribution is -2.42. The number of nitrogens with one attached hydrogen (secondary N) is 1. The number of hydrogen-bond acceptors (Lipinski definition) is 7. The Hall–Kier alpha value is -1.90. The smallest absolute Gasteiger partial charge is 0.177 e. The lowest BCUT2D eigenvalue weighted by molar-refractivity contribution is 0.258. The molecule has 0 saturated carbocycles. The van der Waals surface area contributed by atoms with Gasteiger partial charge in [0.25, 0.3) is 0 Å². The van der Waals surface area contributed by atoms with Gasteiger partial charge in [-0.25, -0.2) is 9.97 Å². The molecule has 0 spiro atoms. The number of nitrogens with zero attached hydrogens (tertiary/aromatic N) is 5. The maximum Gasteiger partial charge on any atom is 0.177 e. The summed E-state index contributed by atoms with van der Waals surface area (Å²) in [6.07, 6.45) is 7.27. The molecule has 3 aromatic rings. The zero-order valence-corrected chi connectivity index (χ0v) is 16.0. The van der Waals surface area contributed by atoms with E-state index in [1.807, 2.05) is 12.3 Å². The number of hydrogen-bond donors (Lipinski definition) is 2. The topological polar surface area (TPSA) is 96.6 Å². The second-order valence-electron chi connectivity index (χ2n) is 6.86. The summed E-state index contributed by atoms with van der Waals surface area (Å²) in [5.41, 5.74) is 7.56. The highest BCUT2D eigenvalue weighted by atomic mass is 35.5. The van der Waals surface area contributed by atoms with Crippen LogP contribution in [0.3, 0.4) is 0 Å². The lowest BCUT2D eigenvalue weighted by Gasteiger charge is -2.39. The van der Waals surface area contributed by atoms with E-state index < -0.39 is 0 Å². The second-order valence-corrected chi connectivity index (χ2v) is 8.30. The van der Waals surface area contributed by atoms with Crippen LogP contribution in [0, 0.1) is 5.41 Å². The van der Waals surface area contributed by atoms with Crippen LogP contribution in [0.4, 0.5) is 5.82 Å². The van der Waals surface area contributed by atoms with E-state index in [1.165, 1.54) is 11.8 Å². The fourth-order valence-electron chi connectivity index (χ4n) is 3.02. The van der Waals surface area contributed by atoms with E-state index in [-0.39, 0.29) is 5.41 Å². The number of rotatable bonds is 4. The van der Waals surface area contributed by atoms with Crippen LogP contribution in [-0.2, 0) is 0 Å². The number of aromatic amines is 1. The molecule has 7 nitrogen and oxygen atoms in total. The Balaban J connectivity index is 1.55. The minimum Gasteiger partial charge on any atom is -0.355 e. The fourth-order valence-corrected chi connectivity index (χ4v) is 4.08. The second kappa shape index (κ2) is 7.02. The molecule has 9 heteroatoms. The third-order valence-electron chi connectivity index (χ3n) is 4.95. The molecule has 0 atom stereocenters. The minimum absolute atomic E-state index is 0.232. The quantitative estimate of drug-likeness (QED) is 0.707. The number of piperidine rings is 1. The van der Waals surface area contributed by atoms with Gasteiger partial charge in [0.05, 0.1) is 11.2 Å². The first-order chi connectivity index (χ1) is 12.6. The zero-order valence-electron chi connectivity index (χ0n) is 14.4. The van der Waals surface area contributed by atoms with E-state index in [4.69, 9.17) is 22.3 Å². The SMILES string of the molecule is CC1(CN)CCN(c2cnc3c(Sc4ccncc4Cl)n[nH]c3n2)CC1. The number of pyridine rings is 1. The molecule has 1 aliphatic heterocycles. The van der Waals surface area contributed by atoms with Crippen LogP contribution in [0.5, 0.6) is 0 Å². The van der Waals surface area contributed by atoms with E-state index in [0.717, 1.165) is 53.7 Å². The van der Waals surface area contributed by atoms with Gasteiger partial charge in [-0.1, -0.05) is 30.3 Å². The summed E-state index contributed by atoms with van der Waals surface area (Å²) in [4.78, 5) is 16.5. The van der Waals surface area contributed by atoms with Crippen molar-refractivity contribution in [1.29, 1.82) is 0 Å². The largest absolute Gasteiger partial charge is 0.355 e. The van der Waals surface area contributed by atoms with Crippen LogP contribution >= 0.6 is 23.4 Å². The molecule has 0 aliphatic carbocycles. The normalized spacial score (nSPS) is 17.0. The monoisotopic (exact) mass is 389 g/mol. The van der Waals surface area contributed by atoms with Crippen LogP contribution in [0.1, 0.15) is 19.8 Å². The summed E-state index contributed by atoms with van der Waals surface area (Å²) in [6, 6.07) is 1.86. The number of H-pyrrole nitrogens is 1. The van der Waals surface area contributed by atoms with Crippen LogP contribution < -0.4 is 10.6 Å². The van der Waals surface area contributed by atoms with Gasteiger partial charge in [-0.15, -0.1) is 0 Å². The van der Waals surface area contributed by atoms with Gasteiger partial charge in [-0.2, -0.15) is 5.10 Å². The first kappa shape index (κ1) is 17.5. The lowest BCUT2D eigenvalue weighted by atomic mass is 9.80. The molecule has 26 heavy (non-hydrogen) atoms. The molecule has 4 rings (SSSR count). The van der Waals surface area contributed by atoms with Gasteiger partial charge < -0.3 is 10.6 Å². The van der Waals surface area contributed by atoms with Gasteiger partial charge in [0.2, 0.25) is 0 Å². The Kier molecular flexibility index (Phi) is 4.73. The van der Waals surface area contributed by atoms with Gasteiger partial charge in [-0.3, -0.25) is 10.1 Å². The summed E-state index contributed by atoms with van der Waals surface area (Å²) in [5, 5.41) is 8.68. The van der Waals surface area contributed by atoms with Crippen LogP contribution in [-0.4, -0.2) is 44.8 Å². The number of fused-ring (bicyclic) bond motifs is 1. The Morgan fingerprint density at radius 3 is 2.88 bits per heavy atom. The predicted molar refractivity (Wildman–Crippen MR) is 104 cm³/mol. The van der Waals surface area contributed by atoms with Crippen molar-refractivity contribution in [2.75, 3.05) is 24.5 Å². The summed E-state index contributed by atoms with van der Waals surface area (Å²) in [5.74, 6) is 0.874. The molecule has 0 radical (unpaired) electrons. The van der Waals surface area contributed by atoms with Crippen molar-refractivity contribution in [3.05, 3.63) is 29.7 Å². The number of anilines is 1. The van der Waals surface area contributed by atoms with Gasteiger partial charge in [0.15, 0.2) is 10.7 Å². The number of halogens is 1. The Morgan fingerprint density at radius 2 is 2.15 bits per heavy atom. The average molecular weight is 390 g/mol. The first-order valence-electron chi connectivity index (χ1n) is 8.51. The average Bonchev–Trinajstić information content (AvgIpc) is 3.06. The third-order valence-corrected chi connectivity index (χ3v) is 6.42. The number of nitrogens with two attached hydrogens (primary N) is 1. The van der Waals surface area contributed by atoms with Crippen molar-refractivity contribution in [3.63, 3.8) is 0 Å². The molecule has 0 aromatic carbocycles. The van der Waals surface area contributed by atoms with Crippen molar-refractivity contribution in [1.82, 2.24) is 25.1 Å². The molecule has 0 bridgehead atoms. The van der Waals surface area contributed by atoms with Crippen molar-refractivity contribution >= 4 is 40.3 Å². The molecule has 0 unspecified atom stereocenters. The molecule has 3 aromatic heterocycles. The molecule has 1 aliphatic rings. The van der Waals surface area contributed by atoms with Crippen LogP contribution in [0.25, 0.3) is 11.2 Å². The molecule has 1 fully saturated rings. The van der Waals surface area contributed by atoms with Crippen LogP contribution in [0.15, 0.2) is 34.6 Å². The van der Waals surface area contributed by atoms with Gasteiger partial charge in [-0.05, 0) is 30.9 Å². The highest BCUT2D eigenvalue weighted by Crippen LogP contribution is 2.35. The van der Waals surface area contributed by atoms with E-state index in [1.54, 1.807) is 12.4 Å². The Labute approximate surface area is 160 Å². The maximum absolute atomic E-state index is 6.18. The molecule has 0 amide bonds. The molecular weight excluding hydrogens is 370 g/mol. The first-order valence-corrected chi connectivity index (χ1v) is 9.71. The predicted octanol–water partition coefficient (Wildman–Crippen LogP) is 3.12. The summed E-state index contributed by atoms with van der Waals surface area (Å²) in [6.45, 7) is 4.86. The van der Waals surface area contributed by atoms with Crippen molar-refractivity contribution < 1.29 is 0 Å². The molecule has 4 heterocycles. The molecule has 3 N–H and O–H groups in total. The van der Waals surface area contributed by atoms with Gasteiger partial charge >= 0.3 is 0 Å². The maximum atomic E-state index is 6.18. The van der Waals surface area contributed by atoms with Crippen molar-refractivity contribution in [3.8, 4) is 0 Å². The standard InChI is InChI=1S/C17H20ClN7S/c1-17(10-19)3-6-25(7-4-17)13-9-21-14-15(22-13)23-24-16(14)26-12-2-5-20-8-11(12)18/h2,5,8-9H,3-4,6-7,10,19H2,1H3,(H,22,23,24). The minimum atomic E-state index is 0.232. The number of aromatic nitrogens is 5. The van der Waals surface area contributed by atoms with Gasteiger partial charge in [0, 0.05) is 30.4 Å². The highest BCUT2D eigenvalue weighted by molar-refractivity contribution is 7.99. The van der Waals surface area contributed by atoms with E-state index in [9.17, 15) is 0 Å². The third kappa shape index (κ3) is 3.36. The summed E-state index contributed by atoms with van der Waals surface area (Å²) < 4.78 is 0. The van der Waals surface area contributed by atoms with Crippen molar-refractivity contribution in [2.24, 2.45) is 11.1 Å². The summed E-state index contributed by atoms with van der Waals surface area (Å²) >= 11 is 7.63. The van der Waals surface area contributed by atoms with E-state index >= 15 is 0 Å². The van der Waals surface area contributed by atoms with Crippen LogP contribution in [0.2, 0.25) is 5.02 Å². The van der Waals surface area contributed by atoms with E-state index in [2.05, 4.69) is 32.0 Å². The molecular formula is C17H20ClN7S. The summed E-state index contributed by atoms with van der Waals surface area (Å²) in [7, 11) is 0. The van der Waals surface area contributed by atoms with Gasteiger partial charge in [0.1, 0.15) is 11.3 Å². The Bertz CT molecular complexity index is 920. The fraction of sp³-hybridized carbons (Fsp3) is 0.412. The molecule has 136 valence electrons. The highest BCUT2D eigenvalue weighted by Gasteiger charge is 2.29.